The van der Waals surface area contributed by atoms with Gasteiger partial charge in [0.05, 0.1) is 26.2 Å². The SMILES string of the molecule is COc1ncccc1C(=O)N1CCN(C)C(=O)[C@H](C)NC(=O)CN(C)C(=O)[C@@H](Cc2c[nH]c3ccccc23)NC(=O)c2csc(n2)[C@H](CC(C)C)NC(=O)C1. The fourth-order valence-electron chi connectivity index (χ4n) is 6.37. The number of carbonyl (C=O) groups is 6. The van der Waals surface area contributed by atoms with Gasteiger partial charge in [0.25, 0.3) is 11.8 Å². The summed E-state index contributed by atoms with van der Waals surface area (Å²) in [6.07, 6.45) is 3.85. The number of para-hydroxylation sites is 1. The number of benzene rings is 1. The summed E-state index contributed by atoms with van der Waals surface area (Å²) in [5.74, 6) is -3.01. The van der Waals surface area contributed by atoms with Crippen molar-refractivity contribution in [2.75, 3.05) is 47.4 Å². The Morgan fingerprint density at radius 3 is 2.42 bits per heavy atom. The van der Waals surface area contributed by atoms with E-state index in [2.05, 4.69) is 30.9 Å². The predicted octanol–water partition coefficient (Wildman–Crippen LogP) is 2.15. The molecule has 1 aliphatic rings. The average molecular weight is 774 g/mol. The minimum atomic E-state index is -1.08. The van der Waals surface area contributed by atoms with Gasteiger partial charge in [-0.1, -0.05) is 32.0 Å². The maximum atomic E-state index is 13.9. The fraction of sp³-hybridized carbons (Fsp3) is 0.421. The zero-order valence-corrected chi connectivity index (χ0v) is 32.6. The third-order valence-electron chi connectivity index (χ3n) is 9.20. The normalized spacial score (nSPS) is 19.9. The molecule has 4 aromatic rings. The molecule has 4 N–H and O–H groups in total. The molecule has 0 spiro atoms. The van der Waals surface area contributed by atoms with Crippen LogP contribution in [0.2, 0.25) is 0 Å². The molecule has 2 bridgehead atoms. The molecule has 5 rings (SSSR count). The van der Waals surface area contributed by atoms with E-state index in [0.29, 0.717) is 11.4 Å². The second kappa shape index (κ2) is 18.0. The van der Waals surface area contributed by atoms with Crippen LogP contribution in [0, 0.1) is 5.92 Å². The molecule has 55 heavy (non-hydrogen) atoms. The van der Waals surface area contributed by atoms with Gasteiger partial charge in [-0.25, -0.2) is 9.97 Å². The van der Waals surface area contributed by atoms with E-state index < -0.39 is 53.6 Å². The number of hydrogen-bond donors (Lipinski definition) is 4. The van der Waals surface area contributed by atoms with Gasteiger partial charge in [-0.05, 0) is 43.0 Å². The van der Waals surface area contributed by atoms with E-state index in [4.69, 9.17) is 4.74 Å². The molecule has 1 aromatic carbocycles. The van der Waals surface area contributed by atoms with E-state index in [1.807, 2.05) is 38.1 Å². The van der Waals surface area contributed by atoms with Crippen LogP contribution in [0.5, 0.6) is 5.88 Å². The van der Waals surface area contributed by atoms with E-state index in [9.17, 15) is 28.8 Å². The Kier molecular flexibility index (Phi) is 13.2. The highest BCUT2D eigenvalue weighted by molar-refractivity contribution is 7.09. The van der Waals surface area contributed by atoms with E-state index in [1.54, 1.807) is 17.6 Å². The maximum Gasteiger partial charge on any atom is 0.271 e. The van der Waals surface area contributed by atoms with Crippen LogP contribution < -0.4 is 20.7 Å². The summed E-state index contributed by atoms with van der Waals surface area (Å²) in [6, 6.07) is 8.02. The zero-order valence-electron chi connectivity index (χ0n) is 31.8. The molecular weight excluding hydrogens is 727 g/mol. The third-order valence-corrected chi connectivity index (χ3v) is 10.2. The molecule has 16 nitrogen and oxygen atoms in total. The zero-order chi connectivity index (χ0) is 39.8. The van der Waals surface area contributed by atoms with Gasteiger partial charge in [-0.3, -0.25) is 28.8 Å². The number of amides is 6. The van der Waals surface area contributed by atoms with E-state index in [1.165, 1.54) is 66.4 Å². The van der Waals surface area contributed by atoms with Gasteiger partial charge in [0.1, 0.15) is 28.3 Å². The average Bonchev–Trinajstić information content (AvgIpc) is 3.82. The van der Waals surface area contributed by atoms with Crippen LogP contribution >= 0.6 is 11.3 Å². The van der Waals surface area contributed by atoms with Crippen LogP contribution in [-0.2, 0) is 25.6 Å². The summed E-state index contributed by atoms with van der Waals surface area (Å²) in [7, 11) is 4.36. The molecule has 1 aliphatic heterocycles. The topological polar surface area (TPSA) is 199 Å². The first-order valence-electron chi connectivity index (χ1n) is 17.9. The van der Waals surface area contributed by atoms with Gasteiger partial charge in [-0.2, -0.15) is 0 Å². The number of hydrogen-bond acceptors (Lipinski definition) is 10. The number of aromatic amines is 1. The standard InChI is InChI=1S/C38H47N9O7S/c1-22(2)16-28-35-44-30(21-55-35)33(50)43-29(17-24-18-40-27-12-8-7-10-25(24)27)38(53)46(5)19-31(48)41-23(3)36(51)45(4)14-15-47(20-32(49)42-28)37(52)26-11-9-13-39-34(26)54-6/h7-13,18,21-23,28-29,40H,14-17,19-20H2,1-6H3,(H,41,48)(H,42,49)(H,43,50)/t23-,28-,29+/m0/s1. The van der Waals surface area contributed by atoms with Gasteiger partial charge in [-0.15, -0.1) is 11.3 Å². The molecule has 0 radical (unpaired) electrons. The van der Waals surface area contributed by atoms with Crippen molar-refractivity contribution in [3.05, 3.63) is 76.0 Å². The van der Waals surface area contributed by atoms with E-state index >= 15 is 0 Å². The van der Waals surface area contributed by atoms with Gasteiger partial charge < -0.3 is 40.4 Å². The number of thiazole rings is 1. The Morgan fingerprint density at radius 2 is 1.67 bits per heavy atom. The largest absolute Gasteiger partial charge is 0.480 e. The van der Waals surface area contributed by atoms with Crippen molar-refractivity contribution in [2.24, 2.45) is 5.92 Å². The minimum absolute atomic E-state index is 0.0214. The Hall–Kier alpha value is -5.84. The lowest BCUT2D eigenvalue weighted by Gasteiger charge is -2.28. The number of pyridine rings is 1. The number of aromatic nitrogens is 3. The second-order valence-electron chi connectivity index (χ2n) is 13.9. The first-order chi connectivity index (χ1) is 26.2. The number of carbonyl (C=O) groups excluding carboxylic acids is 6. The molecule has 3 atom stereocenters. The van der Waals surface area contributed by atoms with Crippen LogP contribution in [0.4, 0.5) is 0 Å². The molecule has 4 heterocycles. The van der Waals surface area contributed by atoms with Gasteiger partial charge in [0, 0.05) is 62.3 Å². The lowest BCUT2D eigenvalue weighted by atomic mass is 10.0. The molecule has 6 amide bonds. The predicted molar refractivity (Wildman–Crippen MR) is 205 cm³/mol. The first-order valence-corrected chi connectivity index (χ1v) is 18.8. The molecule has 3 aromatic heterocycles. The van der Waals surface area contributed by atoms with Crippen LogP contribution in [0.15, 0.2) is 54.2 Å². The summed E-state index contributed by atoms with van der Waals surface area (Å²) in [6.45, 7) is 4.71. The van der Waals surface area contributed by atoms with Crippen molar-refractivity contribution < 1.29 is 33.5 Å². The lowest BCUT2D eigenvalue weighted by molar-refractivity contribution is -0.138. The number of nitrogens with zero attached hydrogens (tertiary/aromatic N) is 5. The molecule has 0 unspecified atom stereocenters. The van der Waals surface area contributed by atoms with Gasteiger partial charge in [0.15, 0.2) is 0 Å². The third kappa shape index (κ3) is 10.0. The van der Waals surface area contributed by atoms with E-state index in [-0.39, 0.29) is 55.7 Å². The molecule has 0 saturated heterocycles. The van der Waals surface area contributed by atoms with Crippen molar-refractivity contribution in [1.29, 1.82) is 0 Å². The molecule has 292 valence electrons. The number of H-pyrrole nitrogens is 1. The number of ether oxygens (including phenoxy) is 1. The summed E-state index contributed by atoms with van der Waals surface area (Å²) in [4.78, 5) is 97.7. The fourth-order valence-corrected chi connectivity index (χ4v) is 7.23. The highest BCUT2D eigenvalue weighted by Crippen LogP contribution is 2.26. The Labute approximate surface area is 323 Å². The summed E-state index contributed by atoms with van der Waals surface area (Å²) < 4.78 is 5.31. The highest BCUT2D eigenvalue weighted by atomic mass is 32.1. The molecule has 17 heteroatoms. The Balaban J connectivity index is 1.48. The molecule has 0 saturated carbocycles. The van der Waals surface area contributed by atoms with Gasteiger partial charge >= 0.3 is 0 Å². The van der Waals surface area contributed by atoms with Gasteiger partial charge in [0.2, 0.25) is 29.5 Å². The maximum absolute atomic E-state index is 13.9. The smallest absolute Gasteiger partial charge is 0.271 e. The minimum Gasteiger partial charge on any atom is -0.480 e. The van der Waals surface area contributed by atoms with Crippen LogP contribution in [-0.4, -0.2) is 125 Å². The number of rotatable bonds is 6. The van der Waals surface area contributed by atoms with Crippen LogP contribution in [0.1, 0.15) is 64.7 Å². The van der Waals surface area contributed by atoms with Crippen molar-refractivity contribution in [3.8, 4) is 5.88 Å². The molecule has 0 aliphatic carbocycles. The van der Waals surface area contributed by atoms with Crippen LogP contribution in [0.3, 0.4) is 0 Å². The van der Waals surface area contributed by atoms with Crippen molar-refractivity contribution in [3.63, 3.8) is 0 Å². The van der Waals surface area contributed by atoms with Crippen molar-refractivity contribution >= 4 is 57.7 Å². The number of likely N-dealkylation sites (N-methyl/N-ethyl adjacent to an activating group) is 2. The number of fused-ring (bicyclic) bond motifs is 3. The highest BCUT2D eigenvalue weighted by Gasteiger charge is 2.31. The summed E-state index contributed by atoms with van der Waals surface area (Å²) in [5.41, 5.74) is 1.84. The monoisotopic (exact) mass is 773 g/mol. The summed E-state index contributed by atoms with van der Waals surface area (Å²) >= 11 is 1.19. The lowest BCUT2D eigenvalue weighted by Crippen LogP contribution is -2.53. The number of methoxy groups -OCH3 is 1. The van der Waals surface area contributed by atoms with Crippen LogP contribution in [0.25, 0.3) is 10.9 Å². The van der Waals surface area contributed by atoms with Crippen molar-refractivity contribution in [2.45, 2.75) is 51.7 Å². The molecular formula is C38H47N9O7S. The number of nitrogens with one attached hydrogen (secondary N) is 4. The summed E-state index contributed by atoms with van der Waals surface area (Å²) in [5, 5.41) is 11.4. The van der Waals surface area contributed by atoms with E-state index in [0.717, 1.165) is 16.5 Å². The Morgan fingerprint density at radius 1 is 0.927 bits per heavy atom. The quantitative estimate of drug-likeness (QED) is 0.227. The Bertz CT molecular complexity index is 2050. The second-order valence-corrected chi connectivity index (χ2v) is 14.8. The van der Waals surface area contributed by atoms with Crippen molar-refractivity contribution in [1.82, 2.24) is 45.6 Å². The first kappa shape index (κ1) is 40.3. The molecule has 0 fully saturated rings.